The summed E-state index contributed by atoms with van der Waals surface area (Å²) < 4.78 is 5.96. The highest BCUT2D eigenvalue weighted by atomic mass is 16.5. The molecule has 2 aromatic carbocycles. The smallest absolute Gasteiger partial charge is 0.245 e. The lowest BCUT2D eigenvalue weighted by Crippen LogP contribution is -2.42. The number of amides is 1. The Morgan fingerprint density at radius 1 is 0.636 bits per heavy atom. The van der Waals surface area contributed by atoms with E-state index in [1.54, 1.807) is 35.6 Å². The number of hydrogen-bond donors (Lipinski definition) is 2. The van der Waals surface area contributed by atoms with Gasteiger partial charge in [0.05, 0.1) is 35.0 Å². The molecular formula is C34H32N6O4. The Hall–Kier alpha value is -5.32. The first-order chi connectivity index (χ1) is 21.5. The summed E-state index contributed by atoms with van der Waals surface area (Å²) in [5, 5.41) is 20.2. The van der Waals surface area contributed by atoms with Crippen molar-refractivity contribution in [3.05, 3.63) is 127 Å². The molecule has 0 atom stereocenters. The van der Waals surface area contributed by atoms with Crippen LogP contribution in [0.4, 0.5) is 11.4 Å². The molecule has 0 spiro atoms. The van der Waals surface area contributed by atoms with E-state index in [0.29, 0.717) is 55.6 Å². The lowest BCUT2D eigenvalue weighted by molar-refractivity contribution is -0.119. The SMILES string of the molecule is O=C(CN(CCN(Cc1ccccn1)Cc1ccccn1)Cc1ccccn1)N1c2ccc(O)cc2Oc2cc(O)ccc21. The standard InChI is InChI=1S/C34H32N6O4/c41-28-10-12-30-32(19-28)44-33-20-29(42)11-13-31(33)40(30)34(43)24-39(23-27-9-3-6-16-37-27)18-17-38(21-25-7-1-4-14-35-25)22-26-8-2-5-15-36-26/h1-16,19-20,41-42H,17-18,21-24H2. The van der Waals surface area contributed by atoms with Gasteiger partial charge in [0.15, 0.2) is 11.5 Å². The van der Waals surface area contributed by atoms with Crippen LogP contribution < -0.4 is 9.64 Å². The number of rotatable bonds is 11. The van der Waals surface area contributed by atoms with Gasteiger partial charge in [-0.1, -0.05) is 18.2 Å². The molecule has 0 bridgehead atoms. The summed E-state index contributed by atoms with van der Waals surface area (Å²) in [7, 11) is 0. The van der Waals surface area contributed by atoms with E-state index in [2.05, 4.69) is 24.8 Å². The molecule has 3 aromatic heterocycles. The molecule has 2 N–H and O–H groups in total. The van der Waals surface area contributed by atoms with Crippen molar-refractivity contribution in [2.45, 2.75) is 19.6 Å². The zero-order valence-electron chi connectivity index (χ0n) is 24.0. The van der Waals surface area contributed by atoms with Gasteiger partial charge >= 0.3 is 0 Å². The highest BCUT2D eigenvalue weighted by Crippen LogP contribution is 2.48. The first kappa shape index (κ1) is 28.8. The van der Waals surface area contributed by atoms with Gasteiger partial charge in [0.25, 0.3) is 0 Å². The Bertz CT molecular complexity index is 1610. The molecule has 1 aliphatic heterocycles. The molecule has 10 nitrogen and oxygen atoms in total. The van der Waals surface area contributed by atoms with Gasteiger partial charge in [0.1, 0.15) is 11.5 Å². The van der Waals surface area contributed by atoms with Gasteiger partial charge in [-0.2, -0.15) is 0 Å². The number of phenolic OH excluding ortho intramolecular Hbond substituents is 2. The van der Waals surface area contributed by atoms with Crippen molar-refractivity contribution < 1.29 is 19.7 Å². The molecule has 4 heterocycles. The first-order valence-electron chi connectivity index (χ1n) is 14.3. The van der Waals surface area contributed by atoms with Crippen molar-refractivity contribution in [1.82, 2.24) is 24.8 Å². The van der Waals surface area contributed by atoms with Crippen LogP contribution in [0, 0.1) is 0 Å². The number of carbonyl (C=O) groups excluding carboxylic acids is 1. The van der Waals surface area contributed by atoms with Crippen molar-refractivity contribution >= 4 is 17.3 Å². The van der Waals surface area contributed by atoms with Crippen molar-refractivity contribution in [1.29, 1.82) is 0 Å². The highest BCUT2D eigenvalue weighted by Gasteiger charge is 2.31. The van der Waals surface area contributed by atoms with Crippen LogP contribution in [0.25, 0.3) is 0 Å². The van der Waals surface area contributed by atoms with Crippen LogP contribution in [0.5, 0.6) is 23.0 Å². The number of hydrogen-bond acceptors (Lipinski definition) is 9. The van der Waals surface area contributed by atoms with Crippen LogP contribution in [0.1, 0.15) is 17.1 Å². The monoisotopic (exact) mass is 588 g/mol. The third-order valence-corrected chi connectivity index (χ3v) is 7.26. The molecule has 1 aliphatic rings. The number of carbonyl (C=O) groups is 1. The number of anilines is 2. The van der Waals surface area contributed by atoms with Crippen LogP contribution in [0.2, 0.25) is 0 Å². The van der Waals surface area contributed by atoms with Gasteiger partial charge in [0.2, 0.25) is 5.91 Å². The molecule has 0 saturated carbocycles. The minimum atomic E-state index is -0.191. The largest absolute Gasteiger partial charge is 0.508 e. The van der Waals surface area contributed by atoms with Gasteiger partial charge in [-0.15, -0.1) is 0 Å². The van der Waals surface area contributed by atoms with E-state index in [1.165, 1.54) is 24.3 Å². The number of fused-ring (bicyclic) bond motifs is 2. The van der Waals surface area contributed by atoms with E-state index in [0.717, 1.165) is 17.1 Å². The minimum Gasteiger partial charge on any atom is -0.508 e. The van der Waals surface area contributed by atoms with Crippen molar-refractivity contribution in [3.63, 3.8) is 0 Å². The predicted molar refractivity (Wildman–Crippen MR) is 166 cm³/mol. The van der Waals surface area contributed by atoms with E-state index in [9.17, 15) is 15.0 Å². The number of benzene rings is 2. The second kappa shape index (κ2) is 13.3. The van der Waals surface area contributed by atoms with Gasteiger partial charge in [-0.05, 0) is 60.7 Å². The van der Waals surface area contributed by atoms with E-state index in [1.807, 2.05) is 54.6 Å². The van der Waals surface area contributed by atoms with E-state index in [4.69, 9.17) is 4.74 Å². The maximum atomic E-state index is 14.2. The van der Waals surface area contributed by atoms with Crippen molar-refractivity contribution in [3.8, 4) is 23.0 Å². The summed E-state index contributed by atoms with van der Waals surface area (Å²) in [6.07, 6.45) is 5.33. The number of aromatic hydroxyl groups is 2. The van der Waals surface area contributed by atoms with Crippen molar-refractivity contribution in [2.75, 3.05) is 24.5 Å². The maximum absolute atomic E-state index is 14.2. The molecule has 10 heteroatoms. The number of pyridine rings is 3. The van der Waals surface area contributed by atoms with Crippen LogP contribution in [0.3, 0.4) is 0 Å². The number of phenols is 2. The molecule has 0 radical (unpaired) electrons. The molecule has 0 saturated heterocycles. The molecule has 0 unspecified atom stereocenters. The van der Waals surface area contributed by atoms with Gasteiger partial charge in [-0.3, -0.25) is 34.4 Å². The fraction of sp³-hybridized carbons (Fsp3) is 0.176. The Morgan fingerprint density at radius 3 is 1.55 bits per heavy atom. The normalized spacial score (nSPS) is 12.1. The minimum absolute atomic E-state index is 0.0115. The van der Waals surface area contributed by atoms with E-state index < -0.39 is 0 Å². The van der Waals surface area contributed by atoms with Crippen LogP contribution in [0.15, 0.2) is 110 Å². The Kier molecular flexibility index (Phi) is 8.72. The molecule has 0 fully saturated rings. The zero-order chi connectivity index (χ0) is 30.3. The number of aromatic nitrogens is 3. The number of ether oxygens (including phenoxy) is 1. The van der Waals surface area contributed by atoms with E-state index >= 15 is 0 Å². The highest BCUT2D eigenvalue weighted by molar-refractivity contribution is 6.05. The molecule has 222 valence electrons. The Morgan fingerprint density at radius 2 is 1.09 bits per heavy atom. The zero-order valence-corrected chi connectivity index (χ0v) is 24.0. The lowest BCUT2D eigenvalue weighted by atomic mass is 10.1. The van der Waals surface area contributed by atoms with Gasteiger partial charge < -0.3 is 14.9 Å². The van der Waals surface area contributed by atoms with Crippen LogP contribution in [-0.4, -0.2) is 60.5 Å². The molecule has 0 aliphatic carbocycles. The lowest BCUT2D eigenvalue weighted by Gasteiger charge is -2.33. The van der Waals surface area contributed by atoms with Crippen LogP contribution in [-0.2, 0) is 24.4 Å². The Balaban J connectivity index is 1.26. The topological polar surface area (TPSA) is 115 Å². The summed E-state index contributed by atoms with van der Waals surface area (Å²) in [5.74, 6) is 0.480. The average molecular weight is 589 g/mol. The molecular weight excluding hydrogens is 556 g/mol. The van der Waals surface area contributed by atoms with Crippen molar-refractivity contribution in [2.24, 2.45) is 0 Å². The second-order valence-electron chi connectivity index (χ2n) is 10.5. The van der Waals surface area contributed by atoms with Gasteiger partial charge in [-0.25, -0.2) is 0 Å². The predicted octanol–water partition coefficient (Wildman–Crippen LogP) is 5.26. The molecule has 1 amide bonds. The average Bonchev–Trinajstić information content (AvgIpc) is 3.03. The summed E-state index contributed by atoms with van der Waals surface area (Å²) in [5.41, 5.74) is 3.76. The van der Waals surface area contributed by atoms with Gasteiger partial charge in [0, 0.05) is 63.4 Å². The molecule has 44 heavy (non-hydrogen) atoms. The third kappa shape index (κ3) is 7.00. The maximum Gasteiger partial charge on any atom is 0.245 e. The summed E-state index contributed by atoms with van der Waals surface area (Å²) in [4.78, 5) is 33.7. The first-order valence-corrected chi connectivity index (χ1v) is 14.3. The summed E-state index contributed by atoms with van der Waals surface area (Å²) >= 11 is 0. The molecule has 6 rings (SSSR count). The molecule has 5 aromatic rings. The second-order valence-corrected chi connectivity index (χ2v) is 10.5. The quantitative estimate of drug-likeness (QED) is 0.213. The fourth-order valence-electron chi connectivity index (χ4n) is 5.19. The summed E-state index contributed by atoms with van der Waals surface area (Å²) in [6.45, 7) is 3.00. The van der Waals surface area contributed by atoms with Crippen LogP contribution >= 0.6 is 0 Å². The Labute approximate surface area is 255 Å². The summed E-state index contributed by atoms with van der Waals surface area (Å²) in [6, 6.07) is 26.8. The number of nitrogens with zero attached hydrogens (tertiary/aromatic N) is 6. The third-order valence-electron chi connectivity index (χ3n) is 7.26. The van der Waals surface area contributed by atoms with E-state index in [-0.39, 0.29) is 24.0 Å². The fourth-order valence-corrected chi connectivity index (χ4v) is 5.19.